The van der Waals surface area contributed by atoms with Crippen LogP contribution in [0, 0.1) is 0 Å². The van der Waals surface area contributed by atoms with E-state index in [0.717, 1.165) is 36.0 Å². The molecule has 1 aliphatic heterocycles. The summed E-state index contributed by atoms with van der Waals surface area (Å²) in [5.41, 5.74) is 10.4. The highest BCUT2D eigenvalue weighted by Crippen LogP contribution is 1.74. The average Bonchev–Trinajstić information content (AvgIpc) is 2.33. The van der Waals surface area contributed by atoms with Gasteiger partial charge in [0.2, 0.25) is 0 Å². The molecule has 0 aliphatic carbocycles. The Kier molecular flexibility index (Phi) is 8.12. The van der Waals surface area contributed by atoms with E-state index in [1.54, 1.807) is 0 Å². The minimum absolute atomic E-state index is 0.297. The molecule has 1 aliphatic rings. The number of rotatable bonds is 4. The molecule has 116 valence electrons. The van der Waals surface area contributed by atoms with Crippen LogP contribution in [0.4, 0.5) is 0 Å². The normalized spacial score (nSPS) is 26.2. The number of amides is 2. The van der Waals surface area contributed by atoms with Crippen LogP contribution >= 0.6 is 0 Å². The number of carbonyl (C=O) groups excluding carboxylic acids is 2. The van der Waals surface area contributed by atoms with E-state index >= 15 is 0 Å². The molecule has 1 heterocycles. The largest absolute Gasteiger partial charge is 0.370 e. The number of primary amides is 2. The SMILES string of the molecule is NC(=O)C[NH+]1CCOCC[NH+](CC(N)=O)CCOCC1. The van der Waals surface area contributed by atoms with Crippen LogP contribution in [0.1, 0.15) is 0 Å². The maximum atomic E-state index is 11.0. The fourth-order valence-corrected chi connectivity index (χ4v) is 2.17. The van der Waals surface area contributed by atoms with Gasteiger partial charge in [-0.1, -0.05) is 0 Å². The molecule has 1 fully saturated rings. The van der Waals surface area contributed by atoms with E-state index in [1.807, 2.05) is 0 Å². The molecule has 0 radical (unpaired) electrons. The number of ether oxygens (including phenoxy) is 2. The Morgan fingerprint density at radius 1 is 0.750 bits per heavy atom. The van der Waals surface area contributed by atoms with Crippen molar-refractivity contribution >= 4 is 11.8 Å². The first-order chi connectivity index (χ1) is 9.58. The minimum atomic E-state index is -0.316. The summed E-state index contributed by atoms with van der Waals surface area (Å²) < 4.78 is 11.1. The molecule has 0 saturated carbocycles. The zero-order chi connectivity index (χ0) is 14.8. The van der Waals surface area contributed by atoms with Gasteiger partial charge in [-0.3, -0.25) is 9.59 Å². The fraction of sp³-hybridized carbons (Fsp3) is 0.833. The van der Waals surface area contributed by atoms with Gasteiger partial charge in [0.25, 0.3) is 11.8 Å². The van der Waals surface area contributed by atoms with Crippen LogP contribution in [-0.2, 0) is 19.1 Å². The van der Waals surface area contributed by atoms with Gasteiger partial charge in [-0.25, -0.2) is 0 Å². The molecule has 0 aromatic carbocycles. The van der Waals surface area contributed by atoms with Crippen molar-refractivity contribution in [1.82, 2.24) is 0 Å². The van der Waals surface area contributed by atoms with E-state index < -0.39 is 0 Å². The monoisotopic (exact) mass is 290 g/mol. The van der Waals surface area contributed by atoms with Gasteiger partial charge in [-0.2, -0.15) is 0 Å². The average molecular weight is 290 g/mol. The van der Waals surface area contributed by atoms with Crippen molar-refractivity contribution in [2.45, 2.75) is 0 Å². The molecule has 20 heavy (non-hydrogen) atoms. The molecule has 0 unspecified atom stereocenters. The molecule has 8 nitrogen and oxygen atoms in total. The number of carbonyl (C=O) groups is 2. The second-order valence-corrected chi connectivity index (χ2v) is 5.01. The molecule has 8 heteroatoms. The first kappa shape index (κ1) is 16.8. The lowest BCUT2D eigenvalue weighted by Crippen LogP contribution is -3.15. The number of nitrogens with two attached hydrogens (primary N) is 2. The van der Waals surface area contributed by atoms with Crippen molar-refractivity contribution in [3.63, 3.8) is 0 Å². The van der Waals surface area contributed by atoms with Gasteiger partial charge >= 0.3 is 0 Å². The second kappa shape index (κ2) is 9.65. The van der Waals surface area contributed by atoms with E-state index in [0.29, 0.717) is 39.5 Å². The van der Waals surface area contributed by atoms with Crippen LogP contribution in [0.2, 0.25) is 0 Å². The molecule has 1 rings (SSSR count). The summed E-state index contributed by atoms with van der Waals surface area (Å²) in [5.74, 6) is -0.631. The lowest BCUT2D eigenvalue weighted by Gasteiger charge is -2.21. The standard InChI is InChI=1S/C12H24N4O4/c13-11(17)9-15-1-5-19-7-3-16(10-12(14)18)4-8-20-6-2-15/h1-10H2,(H2,13,17)(H2,14,18)/p+2. The predicted octanol–water partition coefficient (Wildman–Crippen LogP) is -5.23. The second-order valence-electron chi connectivity index (χ2n) is 5.01. The third-order valence-corrected chi connectivity index (χ3v) is 3.25. The predicted molar refractivity (Wildman–Crippen MR) is 71.2 cm³/mol. The summed E-state index contributed by atoms with van der Waals surface area (Å²) in [5, 5.41) is 0. The van der Waals surface area contributed by atoms with Crippen molar-refractivity contribution in [1.29, 1.82) is 0 Å². The lowest BCUT2D eigenvalue weighted by atomic mass is 10.4. The zero-order valence-electron chi connectivity index (χ0n) is 11.9. The van der Waals surface area contributed by atoms with Gasteiger partial charge in [-0.05, 0) is 0 Å². The van der Waals surface area contributed by atoms with Crippen LogP contribution in [0.25, 0.3) is 0 Å². The maximum Gasteiger partial charge on any atom is 0.272 e. The van der Waals surface area contributed by atoms with Crippen molar-refractivity contribution in [2.24, 2.45) is 11.5 Å². The van der Waals surface area contributed by atoms with Crippen molar-refractivity contribution in [3.05, 3.63) is 0 Å². The third-order valence-electron chi connectivity index (χ3n) is 3.25. The topological polar surface area (TPSA) is 114 Å². The smallest absolute Gasteiger partial charge is 0.272 e. The van der Waals surface area contributed by atoms with Gasteiger partial charge in [0.1, 0.15) is 26.2 Å². The summed E-state index contributed by atoms with van der Waals surface area (Å²) in [6.45, 7) is 5.72. The number of nitrogens with one attached hydrogen (secondary N) is 2. The summed E-state index contributed by atoms with van der Waals surface area (Å²) >= 11 is 0. The quantitative estimate of drug-likeness (QED) is 0.414. The lowest BCUT2D eigenvalue weighted by molar-refractivity contribution is -0.900. The molecule has 0 atom stereocenters. The Bertz CT molecular complexity index is 272. The number of hydrogen-bond donors (Lipinski definition) is 4. The van der Waals surface area contributed by atoms with Crippen molar-refractivity contribution in [3.8, 4) is 0 Å². The molecule has 6 N–H and O–H groups in total. The summed E-state index contributed by atoms with van der Waals surface area (Å²) in [4.78, 5) is 24.1. The molecular weight excluding hydrogens is 264 g/mol. The van der Waals surface area contributed by atoms with Crippen LogP contribution in [0.15, 0.2) is 0 Å². The Balaban J connectivity index is 2.37. The maximum absolute atomic E-state index is 11.0. The summed E-state index contributed by atoms with van der Waals surface area (Å²) in [6.07, 6.45) is 0. The molecular formula is C12H26N4O4+2. The molecule has 0 aromatic heterocycles. The van der Waals surface area contributed by atoms with Gasteiger partial charge in [0, 0.05) is 0 Å². The molecule has 2 amide bonds. The van der Waals surface area contributed by atoms with Crippen molar-refractivity contribution < 1.29 is 28.9 Å². The van der Waals surface area contributed by atoms with Gasteiger partial charge < -0.3 is 30.7 Å². The van der Waals surface area contributed by atoms with Crippen molar-refractivity contribution in [2.75, 3.05) is 65.7 Å². The van der Waals surface area contributed by atoms with Crippen LogP contribution in [-0.4, -0.2) is 77.5 Å². The van der Waals surface area contributed by atoms with E-state index in [1.165, 1.54) is 0 Å². The van der Waals surface area contributed by atoms with Gasteiger partial charge in [0.05, 0.1) is 26.4 Å². The zero-order valence-corrected chi connectivity index (χ0v) is 11.9. The van der Waals surface area contributed by atoms with Gasteiger partial charge in [-0.15, -0.1) is 0 Å². The van der Waals surface area contributed by atoms with E-state index in [-0.39, 0.29) is 11.8 Å². The summed E-state index contributed by atoms with van der Waals surface area (Å²) in [6, 6.07) is 0. The first-order valence-electron chi connectivity index (χ1n) is 6.97. The van der Waals surface area contributed by atoms with E-state index in [4.69, 9.17) is 20.9 Å². The Hall–Kier alpha value is -1.22. The van der Waals surface area contributed by atoms with Crippen LogP contribution < -0.4 is 21.3 Å². The van der Waals surface area contributed by atoms with E-state index in [2.05, 4.69) is 0 Å². The highest BCUT2D eigenvalue weighted by atomic mass is 16.5. The molecule has 0 spiro atoms. The summed E-state index contributed by atoms with van der Waals surface area (Å²) in [7, 11) is 0. The Morgan fingerprint density at radius 3 is 1.30 bits per heavy atom. The minimum Gasteiger partial charge on any atom is -0.370 e. The van der Waals surface area contributed by atoms with Crippen LogP contribution in [0.5, 0.6) is 0 Å². The van der Waals surface area contributed by atoms with E-state index in [9.17, 15) is 9.59 Å². The number of quaternary nitrogens is 2. The first-order valence-corrected chi connectivity index (χ1v) is 6.97. The Labute approximate surface area is 118 Å². The highest BCUT2D eigenvalue weighted by molar-refractivity contribution is 5.74. The molecule has 1 saturated heterocycles. The third kappa shape index (κ3) is 8.05. The molecule has 0 bridgehead atoms. The number of hydrogen-bond acceptors (Lipinski definition) is 4. The highest BCUT2D eigenvalue weighted by Gasteiger charge is 2.15. The molecule has 0 aromatic rings. The van der Waals surface area contributed by atoms with Crippen LogP contribution in [0.3, 0.4) is 0 Å². The van der Waals surface area contributed by atoms with Gasteiger partial charge in [0.15, 0.2) is 13.1 Å². The Morgan fingerprint density at radius 2 is 1.05 bits per heavy atom. The fourth-order valence-electron chi connectivity index (χ4n) is 2.17.